The highest BCUT2D eigenvalue weighted by atomic mass is 16.6. The van der Waals surface area contributed by atoms with Gasteiger partial charge in [-0.3, -0.25) is 0 Å². The number of rotatable bonds is 4. The molecular formula is C15H21NO2. The molecule has 2 aliphatic rings. The van der Waals surface area contributed by atoms with Gasteiger partial charge in [-0.2, -0.15) is 0 Å². The Balaban J connectivity index is 1.46. The van der Waals surface area contributed by atoms with E-state index in [1.807, 2.05) is 24.3 Å². The van der Waals surface area contributed by atoms with Crippen molar-refractivity contribution in [3.8, 4) is 11.5 Å². The van der Waals surface area contributed by atoms with Gasteiger partial charge < -0.3 is 14.8 Å². The van der Waals surface area contributed by atoms with Gasteiger partial charge in [0.05, 0.1) is 0 Å². The molecule has 3 nitrogen and oxygen atoms in total. The molecule has 1 aromatic carbocycles. The zero-order valence-corrected chi connectivity index (χ0v) is 10.9. The van der Waals surface area contributed by atoms with Gasteiger partial charge in [0, 0.05) is 12.6 Å². The largest absolute Gasteiger partial charge is 0.486 e. The Morgan fingerprint density at radius 2 is 2.00 bits per heavy atom. The average molecular weight is 247 g/mol. The normalized spacial score (nSPS) is 29.7. The topological polar surface area (TPSA) is 30.5 Å². The lowest BCUT2D eigenvalue weighted by Gasteiger charge is -2.37. The van der Waals surface area contributed by atoms with Gasteiger partial charge in [-0.05, 0) is 30.9 Å². The van der Waals surface area contributed by atoms with E-state index in [1.165, 1.54) is 19.3 Å². The summed E-state index contributed by atoms with van der Waals surface area (Å²) in [5.41, 5.74) is 0. The molecule has 0 saturated heterocycles. The minimum absolute atomic E-state index is 0.139. The van der Waals surface area contributed by atoms with Gasteiger partial charge in [0.2, 0.25) is 0 Å². The van der Waals surface area contributed by atoms with Crippen molar-refractivity contribution in [2.24, 2.45) is 5.92 Å². The molecule has 1 N–H and O–H groups in total. The molecule has 1 heterocycles. The third-order valence-electron chi connectivity index (χ3n) is 4.01. The Morgan fingerprint density at radius 1 is 1.22 bits per heavy atom. The molecule has 1 fully saturated rings. The SMILES string of the molecule is CCC1CC(NCC2COc3ccccc3O2)C1. The van der Waals surface area contributed by atoms with Crippen LogP contribution >= 0.6 is 0 Å². The quantitative estimate of drug-likeness (QED) is 0.887. The van der Waals surface area contributed by atoms with E-state index >= 15 is 0 Å². The Morgan fingerprint density at radius 3 is 2.78 bits per heavy atom. The fraction of sp³-hybridized carbons (Fsp3) is 0.600. The summed E-state index contributed by atoms with van der Waals surface area (Å²) in [5, 5.41) is 3.58. The van der Waals surface area contributed by atoms with Crippen molar-refractivity contribution < 1.29 is 9.47 Å². The highest BCUT2D eigenvalue weighted by Crippen LogP contribution is 2.32. The van der Waals surface area contributed by atoms with Crippen LogP contribution in [0.4, 0.5) is 0 Å². The number of para-hydroxylation sites is 2. The highest BCUT2D eigenvalue weighted by Gasteiger charge is 2.28. The minimum Gasteiger partial charge on any atom is -0.486 e. The van der Waals surface area contributed by atoms with Crippen LogP contribution in [0.15, 0.2) is 24.3 Å². The van der Waals surface area contributed by atoms with Gasteiger partial charge in [0.1, 0.15) is 12.7 Å². The van der Waals surface area contributed by atoms with E-state index in [0.717, 1.165) is 24.0 Å². The summed E-state index contributed by atoms with van der Waals surface area (Å²) >= 11 is 0. The summed E-state index contributed by atoms with van der Waals surface area (Å²) < 4.78 is 11.6. The van der Waals surface area contributed by atoms with Gasteiger partial charge >= 0.3 is 0 Å². The second-order valence-corrected chi connectivity index (χ2v) is 5.35. The van der Waals surface area contributed by atoms with Crippen molar-refractivity contribution >= 4 is 0 Å². The van der Waals surface area contributed by atoms with E-state index in [-0.39, 0.29) is 6.10 Å². The first kappa shape index (κ1) is 11.8. The van der Waals surface area contributed by atoms with Crippen molar-refractivity contribution in [1.82, 2.24) is 5.32 Å². The van der Waals surface area contributed by atoms with E-state index in [9.17, 15) is 0 Å². The molecule has 1 aromatic rings. The predicted molar refractivity (Wildman–Crippen MR) is 71.2 cm³/mol. The maximum atomic E-state index is 5.92. The zero-order valence-electron chi connectivity index (χ0n) is 10.9. The van der Waals surface area contributed by atoms with Crippen LogP contribution in [-0.4, -0.2) is 25.3 Å². The second-order valence-electron chi connectivity index (χ2n) is 5.35. The summed E-state index contributed by atoms with van der Waals surface area (Å²) in [6, 6.07) is 8.57. The molecule has 1 saturated carbocycles. The molecule has 3 rings (SSSR count). The van der Waals surface area contributed by atoms with Crippen molar-refractivity contribution in [2.45, 2.75) is 38.3 Å². The molecule has 1 unspecified atom stereocenters. The van der Waals surface area contributed by atoms with Gasteiger partial charge in [0.15, 0.2) is 11.5 Å². The third kappa shape index (κ3) is 2.46. The average Bonchev–Trinajstić information content (AvgIpc) is 2.37. The molecule has 98 valence electrons. The van der Waals surface area contributed by atoms with Gasteiger partial charge in [0.25, 0.3) is 0 Å². The zero-order chi connectivity index (χ0) is 12.4. The van der Waals surface area contributed by atoms with E-state index in [4.69, 9.17) is 9.47 Å². The summed E-state index contributed by atoms with van der Waals surface area (Å²) in [5.74, 6) is 2.67. The molecule has 0 aromatic heterocycles. The van der Waals surface area contributed by atoms with Gasteiger partial charge in [-0.1, -0.05) is 25.5 Å². The number of hydrogen-bond donors (Lipinski definition) is 1. The first-order valence-corrected chi connectivity index (χ1v) is 6.97. The van der Waals surface area contributed by atoms with Crippen molar-refractivity contribution in [1.29, 1.82) is 0 Å². The number of ether oxygens (including phenoxy) is 2. The van der Waals surface area contributed by atoms with E-state index in [0.29, 0.717) is 12.6 Å². The Bertz CT molecular complexity index is 401. The minimum atomic E-state index is 0.139. The first-order valence-electron chi connectivity index (χ1n) is 6.97. The van der Waals surface area contributed by atoms with Crippen LogP contribution in [-0.2, 0) is 0 Å². The summed E-state index contributed by atoms with van der Waals surface area (Å²) in [6.07, 6.45) is 4.09. The lowest BCUT2D eigenvalue weighted by molar-refractivity contribution is 0.0811. The summed E-state index contributed by atoms with van der Waals surface area (Å²) in [6.45, 7) is 3.80. The third-order valence-corrected chi connectivity index (χ3v) is 4.01. The molecule has 1 aliphatic heterocycles. The molecule has 1 atom stereocenters. The highest BCUT2D eigenvalue weighted by molar-refractivity contribution is 5.40. The van der Waals surface area contributed by atoms with Crippen LogP contribution in [0.3, 0.4) is 0 Å². The molecule has 0 amide bonds. The Labute approximate surface area is 108 Å². The van der Waals surface area contributed by atoms with Crippen molar-refractivity contribution in [3.63, 3.8) is 0 Å². The fourth-order valence-corrected chi connectivity index (χ4v) is 2.70. The smallest absolute Gasteiger partial charge is 0.161 e. The summed E-state index contributed by atoms with van der Waals surface area (Å²) in [7, 11) is 0. The van der Waals surface area contributed by atoms with Crippen molar-refractivity contribution in [2.75, 3.05) is 13.2 Å². The number of hydrogen-bond acceptors (Lipinski definition) is 3. The lowest BCUT2D eigenvalue weighted by atomic mass is 9.78. The monoisotopic (exact) mass is 247 g/mol. The molecule has 3 heteroatoms. The maximum absolute atomic E-state index is 5.92. The van der Waals surface area contributed by atoms with Crippen LogP contribution in [0.25, 0.3) is 0 Å². The van der Waals surface area contributed by atoms with Crippen LogP contribution in [0.1, 0.15) is 26.2 Å². The molecule has 1 aliphatic carbocycles. The second kappa shape index (κ2) is 5.19. The number of benzene rings is 1. The van der Waals surface area contributed by atoms with Crippen LogP contribution in [0, 0.1) is 5.92 Å². The summed E-state index contributed by atoms with van der Waals surface area (Å²) in [4.78, 5) is 0. The Kier molecular flexibility index (Phi) is 3.41. The van der Waals surface area contributed by atoms with Gasteiger partial charge in [-0.15, -0.1) is 0 Å². The van der Waals surface area contributed by atoms with Crippen LogP contribution in [0.2, 0.25) is 0 Å². The molecule has 0 radical (unpaired) electrons. The van der Waals surface area contributed by atoms with Crippen molar-refractivity contribution in [3.05, 3.63) is 24.3 Å². The van der Waals surface area contributed by atoms with Gasteiger partial charge in [-0.25, -0.2) is 0 Å². The number of fused-ring (bicyclic) bond motifs is 1. The van der Waals surface area contributed by atoms with E-state index < -0.39 is 0 Å². The fourth-order valence-electron chi connectivity index (χ4n) is 2.70. The molecule has 0 spiro atoms. The van der Waals surface area contributed by atoms with E-state index in [1.54, 1.807) is 0 Å². The predicted octanol–water partition coefficient (Wildman–Crippen LogP) is 2.60. The molecular weight excluding hydrogens is 226 g/mol. The lowest BCUT2D eigenvalue weighted by Crippen LogP contribution is -2.47. The first-order chi connectivity index (χ1) is 8.85. The van der Waals surface area contributed by atoms with Crippen LogP contribution < -0.4 is 14.8 Å². The molecule has 0 bridgehead atoms. The maximum Gasteiger partial charge on any atom is 0.161 e. The molecule has 18 heavy (non-hydrogen) atoms. The Hall–Kier alpha value is -1.22. The van der Waals surface area contributed by atoms with Crippen LogP contribution in [0.5, 0.6) is 11.5 Å². The number of nitrogens with one attached hydrogen (secondary N) is 1. The van der Waals surface area contributed by atoms with E-state index in [2.05, 4.69) is 12.2 Å². The standard InChI is InChI=1S/C15H21NO2/c1-2-11-7-12(8-11)16-9-13-10-17-14-5-3-4-6-15(14)18-13/h3-6,11-13,16H,2,7-10H2,1H3.